The summed E-state index contributed by atoms with van der Waals surface area (Å²) in [5, 5.41) is 2.50. The van der Waals surface area contributed by atoms with Crippen LogP contribution in [0.1, 0.15) is 19.4 Å². The SMILES string of the molecule is CC(C)[C@H](N)C(=O)NCC(=O)N(CC(N)=O)Cc1ccccc1.Cl. The summed E-state index contributed by atoms with van der Waals surface area (Å²) in [7, 11) is 0. The number of nitrogens with two attached hydrogens (primary N) is 2. The minimum atomic E-state index is -0.679. The number of primary amides is 1. The lowest BCUT2D eigenvalue weighted by Gasteiger charge is -2.22. The molecule has 1 aromatic rings. The van der Waals surface area contributed by atoms with Crippen LogP contribution in [0, 0.1) is 5.92 Å². The van der Waals surface area contributed by atoms with Crippen LogP contribution in [0.25, 0.3) is 0 Å². The number of carbonyl (C=O) groups is 3. The lowest BCUT2D eigenvalue weighted by Crippen LogP contribution is -2.48. The highest BCUT2D eigenvalue weighted by Crippen LogP contribution is 2.04. The molecule has 0 aliphatic rings. The molecule has 0 saturated heterocycles. The molecule has 3 amide bonds. The first kappa shape index (κ1) is 21.9. The van der Waals surface area contributed by atoms with Gasteiger partial charge in [-0.1, -0.05) is 44.2 Å². The Balaban J connectivity index is 0.00000529. The van der Waals surface area contributed by atoms with Crippen LogP contribution in [-0.4, -0.2) is 41.8 Å². The third-order valence-corrected chi connectivity index (χ3v) is 3.35. The Kier molecular flexibility index (Phi) is 9.68. The van der Waals surface area contributed by atoms with E-state index in [1.54, 1.807) is 0 Å². The molecule has 5 N–H and O–H groups in total. The Bertz CT molecular complexity index is 552. The van der Waals surface area contributed by atoms with Gasteiger partial charge in [-0.25, -0.2) is 0 Å². The van der Waals surface area contributed by atoms with Gasteiger partial charge >= 0.3 is 0 Å². The summed E-state index contributed by atoms with van der Waals surface area (Å²) in [6.45, 7) is 3.45. The maximum absolute atomic E-state index is 12.2. The molecule has 134 valence electrons. The van der Waals surface area contributed by atoms with E-state index in [0.717, 1.165) is 5.56 Å². The van der Waals surface area contributed by atoms with E-state index in [9.17, 15) is 14.4 Å². The summed E-state index contributed by atoms with van der Waals surface area (Å²) in [6.07, 6.45) is 0. The molecule has 1 rings (SSSR count). The van der Waals surface area contributed by atoms with Gasteiger partial charge in [-0.15, -0.1) is 12.4 Å². The first-order valence-electron chi connectivity index (χ1n) is 7.44. The number of nitrogens with one attached hydrogen (secondary N) is 1. The zero-order chi connectivity index (χ0) is 17.4. The van der Waals surface area contributed by atoms with E-state index >= 15 is 0 Å². The van der Waals surface area contributed by atoms with E-state index in [1.165, 1.54) is 4.90 Å². The molecular weight excluding hydrogens is 332 g/mol. The van der Waals surface area contributed by atoms with Crippen molar-refractivity contribution in [3.63, 3.8) is 0 Å². The first-order valence-corrected chi connectivity index (χ1v) is 7.44. The number of carbonyl (C=O) groups excluding carboxylic acids is 3. The molecule has 0 aromatic heterocycles. The molecule has 24 heavy (non-hydrogen) atoms. The molecule has 1 aromatic carbocycles. The Morgan fingerprint density at radius 1 is 1.17 bits per heavy atom. The lowest BCUT2D eigenvalue weighted by atomic mass is 10.1. The van der Waals surface area contributed by atoms with E-state index in [0.29, 0.717) is 0 Å². The molecule has 1 atom stereocenters. The molecule has 0 heterocycles. The number of hydrogen-bond donors (Lipinski definition) is 3. The monoisotopic (exact) mass is 356 g/mol. The minimum Gasteiger partial charge on any atom is -0.368 e. The van der Waals surface area contributed by atoms with Gasteiger partial charge in [-0.3, -0.25) is 14.4 Å². The molecule has 0 fully saturated rings. The van der Waals surface area contributed by atoms with E-state index < -0.39 is 23.8 Å². The van der Waals surface area contributed by atoms with Gasteiger partial charge < -0.3 is 21.7 Å². The third-order valence-electron chi connectivity index (χ3n) is 3.35. The smallest absolute Gasteiger partial charge is 0.242 e. The van der Waals surface area contributed by atoms with Gasteiger partial charge in [0, 0.05) is 6.54 Å². The van der Waals surface area contributed by atoms with Gasteiger partial charge in [-0.05, 0) is 11.5 Å². The van der Waals surface area contributed by atoms with E-state index in [1.807, 2.05) is 44.2 Å². The van der Waals surface area contributed by atoms with Crippen LogP contribution in [0.2, 0.25) is 0 Å². The van der Waals surface area contributed by atoms with Gasteiger partial charge in [0.25, 0.3) is 0 Å². The number of benzene rings is 1. The predicted molar refractivity (Wildman–Crippen MR) is 94.1 cm³/mol. The Morgan fingerprint density at radius 2 is 1.75 bits per heavy atom. The average Bonchev–Trinajstić information content (AvgIpc) is 2.51. The van der Waals surface area contributed by atoms with E-state index in [2.05, 4.69) is 5.32 Å². The van der Waals surface area contributed by atoms with E-state index in [-0.39, 0.29) is 38.0 Å². The van der Waals surface area contributed by atoms with Gasteiger partial charge in [0.1, 0.15) is 0 Å². The zero-order valence-corrected chi connectivity index (χ0v) is 14.7. The fourth-order valence-electron chi connectivity index (χ4n) is 1.92. The average molecular weight is 357 g/mol. The minimum absolute atomic E-state index is 0. The largest absolute Gasteiger partial charge is 0.368 e. The molecule has 0 saturated carbocycles. The van der Waals surface area contributed by atoms with E-state index in [4.69, 9.17) is 11.5 Å². The number of rotatable bonds is 8. The highest BCUT2D eigenvalue weighted by Gasteiger charge is 2.20. The number of halogens is 1. The molecule has 0 spiro atoms. The summed E-state index contributed by atoms with van der Waals surface area (Å²) < 4.78 is 0. The van der Waals surface area contributed by atoms with Crippen molar-refractivity contribution in [2.24, 2.45) is 17.4 Å². The summed E-state index contributed by atoms with van der Waals surface area (Å²) in [5.41, 5.74) is 11.8. The predicted octanol–water partition coefficient (Wildman–Crippen LogP) is 0.0218. The molecule has 0 aliphatic carbocycles. The van der Waals surface area contributed by atoms with Crippen molar-refractivity contribution in [1.82, 2.24) is 10.2 Å². The van der Waals surface area contributed by atoms with Crippen LogP contribution < -0.4 is 16.8 Å². The van der Waals surface area contributed by atoms with Crippen LogP contribution in [0.4, 0.5) is 0 Å². The number of amides is 3. The summed E-state index contributed by atoms with van der Waals surface area (Å²) in [6, 6.07) is 8.54. The third kappa shape index (κ3) is 7.43. The molecule has 7 nitrogen and oxygen atoms in total. The van der Waals surface area contributed by atoms with Crippen LogP contribution >= 0.6 is 12.4 Å². The first-order chi connectivity index (χ1) is 10.8. The second-order valence-corrected chi connectivity index (χ2v) is 5.69. The van der Waals surface area contributed by atoms with Crippen molar-refractivity contribution in [2.75, 3.05) is 13.1 Å². The van der Waals surface area contributed by atoms with Gasteiger partial charge in [0.05, 0.1) is 19.1 Å². The van der Waals surface area contributed by atoms with Crippen LogP contribution in [-0.2, 0) is 20.9 Å². The maximum Gasteiger partial charge on any atom is 0.242 e. The second-order valence-electron chi connectivity index (χ2n) is 5.69. The van der Waals surface area contributed by atoms with Crippen LogP contribution in [0.15, 0.2) is 30.3 Å². The lowest BCUT2D eigenvalue weighted by molar-refractivity contribution is -0.136. The van der Waals surface area contributed by atoms with Gasteiger partial charge in [0.2, 0.25) is 17.7 Å². The molecule has 0 bridgehead atoms. The summed E-state index contributed by atoms with van der Waals surface area (Å²) >= 11 is 0. The summed E-state index contributed by atoms with van der Waals surface area (Å²) in [4.78, 5) is 36.5. The molecule has 0 radical (unpaired) electrons. The molecule has 0 aliphatic heterocycles. The van der Waals surface area contributed by atoms with Crippen molar-refractivity contribution in [3.8, 4) is 0 Å². The van der Waals surface area contributed by atoms with Crippen molar-refractivity contribution in [1.29, 1.82) is 0 Å². The summed E-state index contributed by atoms with van der Waals surface area (Å²) in [5.74, 6) is -1.43. The van der Waals surface area contributed by atoms with Crippen LogP contribution in [0.5, 0.6) is 0 Å². The van der Waals surface area contributed by atoms with Crippen molar-refractivity contribution in [3.05, 3.63) is 35.9 Å². The fourth-order valence-corrected chi connectivity index (χ4v) is 1.92. The fraction of sp³-hybridized carbons (Fsp3) is 0.438. The standard InChI is InChI=1S/C16H24N4O3.ClH/c1-11(2)15(18)16(23)19-8-14(22)20(10-13(17)21)9-12-6-4-3-5-7-12;/h3-7,11,15H,8-10,18H2,1-2H3,(H2,17,21)(H,19,23);1H/t15-;/m0./s1. The second kappa shape index (κ2) is 10.6. The van der Waals surface area contributed by atoms with Crippen molar-refractivity contribution < 1.29 is 14.4 Å². The molecular formula is C16H25ClN4O3. The van der Waals surface area contributed by atoms with Gasteiger partial charge in [-0.2, -0.15) is 0 Å². The van der Waals surface area contributed by atoms with Crippen molar-refractivity contribution in [2.45, 2.75) is 26.4 Å². The number of nitrogens with zero attached hydrogens (tertiary/aromatic N) is 1. The number of hydrogen-bond acceptors (Lipinski definition) is 4. The quantitative estimate of drug-likeness (QED) is 0.608. The molecule has 0 unspecified atom stereocenters. The van der Waals surface area contributed by atoms with Crippen LogP contribution in [0.3, 0.4) is 0 Å². The zero-order valence-electron chi connectivity index (χ0n) is 13.9. The molecule has 8 heteroatoms. The highest BCUT2D eigenvalue weighted by atomic mass is 35.5. The van der Waals surface area contributed by atoms with Crippen molar-refractivity contribution >= 4 is 30.1 Å². The topological polar surface area (TPSA) is 119 Å². The maximum atomic E-state index is 12.2. The van der Waals surface area contributed by atoms with Gasteiger partial charge in [0.15, 0.2) is 0 Å². The Morgan fingerprint density at radius 3 is 2.25 bits per heavy atom. The Hall–Kier alpha value is -2.12. The highest BCUT2D eigenvalue weighted by molar-refractivity contribution is 5.89. The Labute approximate surface area is 148 Å². The normalized spacial score (nSPS) is 11.3.